The molecule has 0 bridgehead atoms. The highest BCUT2D eigenvalue weighted by atomic mass is 79.9. The van der Waals surface area contributed by atoms with Crippen LogP contribution in [0.2, 0.25) is 0 Å². The van der Waals surface area contributed by atoms with Crippen molar-refractivity contribution in [3.8, 4) is 0 Å². The smallest absolute Gasteiger partial charge is 0.236 e. The van der Waals surface area contributed by atoms with Gasteiger partial charge in [-0.15, -0.1) is 0 Å². The number of carbonyl (C=O) groups is 1. The lowest BCUT2D eigenvalue weighted by molar-refractivity contribution is -0.128. The summed E-state index contributed by atoms with van der Waals surface area (Å²) in [6, 6.07) is 0. The lowest BCUT2D eigenvalue weighted by Crippen LogP contribution is -2.36. The lowest BCUT2D eigenvalue weighted by atomic mass is 9.88. The quantitative estimate of drug-likeness (QED) is 0.699. The summed E-state index contributed by atoms with van der Waals surface area (Å²) in [6.45, 7) is 4.26. The Morgan fingerprint density at radius 2 is 2.14 bits per heavy atom. The van der Waals surface area contributed by atoms with Crippen molar-refractivity contribution >= 4 is 21.8 Å². The first-order valence-corrected chi connectivity index (χ1v) is 6.45. The molecule has 2 rings (SSSR count). The van der Waals surface area contributed by atoms with Gasteiger partial charge in [0.05, 0.1) is 4.83 Å². The van der Waals surface area contributed by atoms with Gasteiger partial charge in [-0.2, -0.15) is 0 Å². The Hall–Kier alpha value is -0.0500. The van der Waals surface area contributed by atoms with Gasteiger partial charge in [0.1, 0.15) is 0 Å². The third-order valence-electron chi connectivity index (χ3n) is 3.62. The molecule has 0 N–H and O–H groups in total. The fourth-order valence-electron chi connectivity index (χ4n) is 2.71. The summed E-state index contributed by atoms with van der Waals surface area (Å²) in [5.41, 5.74) is 0.409. The van der Waals surface area contributed by atoms with E-state index in [0.29, 0.717) is 11.3 Å². The van der Waals surface area contributed by atoms with Gasteiger partial charge in [0.15, 0.2) is 0 Å². The van der Waals surface area contributed by atoms with Crippen molar-refractivity contribution in [3.05, 3.63) is 0 Å². The fourth-order valence-corrected chi connectivity index (χ4v) is 3.20. The lowest BCUT2D eigenvalue weighted by Gasteiger charge is -2.29. The Bertz CT molecular complexity index is 235. The molecule has 1 saturated carbocycles. The highest BCUT2D eigenvalue weighted by Crippen LogP contribution is 2.39. The minimum Gasteiger partial charge on any atom is -0.341 e. The molecular formula is C11H18BrNO. The number of likely N-dealkylation sites (tertiary alicyclic amines) is 1. The number of alkyl halides is 1. The maximum Gasteiger partial charge on any atom is 0.236 e. The first kappa shape index (κ1) is 10.5. The van der Waals surface area contributed by atoms with E-state index in [2.05, 4.69) is 22.9 Å². The van der Waals surface area contributed by atoms with E-state index in [0.717, 1.165) is 19.5 Å². The predicted octanol–water partition coefficient (Wildman–Crippen LogP) is 2.56. The van der Waals surface area contributed by atoms with E-state index in [1.165, 1.54) is 25.7 Å². The van der Waals surface area contributed by atoms with Crippen molar-refractivity contribution in [1.82, 2.24) is 4.90 Å². The molecule has 1 saturated heterocycles. The molecule has 0 aromatic rings. The van der Waals surface area contributed by atoms with E-state index in [1.807, 2.05) is 4.90 Å². The molecule has 1 heterocycles. The molecule has 14 heavy (non-hydrogen) atoms. The van der Waals surface area contributed by atoms with Crippen molar-refractivity contribution < 1.29 is 4.79 Å². The van der Waals surface area contributed by atoms with Gasteiger partial charge in [-0.1, -0.05) is 35.7 Å². The van der Waals surface area contributed by atoms with Crippen LogP contribution in [0, 0.1) is 5.41 Å². The number of amides is 1. The summed E-state index contributed by atoms with van der Waals surface area (Å²) in [5, 5.41) is 0. The second-order valence-electron chi connectivity index (χ2n) is 5.03. The second-order valence-corrected chi connectivity index (χ2v) is 6.14. The molecule has 1 aliphatic heterocycles. The average Bonchev–Trinajstić information content (AvgIpc) is 2.68. The van der Waals surface area contributed by atoms with Crippen LogP contribution in [0.1, 0.15) is 39.0 Å². The summed E-state index contributed by atoms with van der Waals surface area (Å²) in [6.07, 6.45) is 6.26. The van der Waals surface area contributed by atoms with Gasteiger partial charge in [0.25, 0.3) is 0 Å². The number of rotatable bonds is 2. The van der Waals surface area contributed by atoms with Crippen LogP contribution in [-0.2, 0) is 4.79 Å². The van der Waals surface area contributed by atoms with E-state index >= 15 is 0 Å². The van der Waals surface area contributed by atoms with Crippen LogP contribution in [0.25, 0.3) is 0 Å². The highest BCUT2D eigenvalue weighted by Gasteiger charge is 2.36. The molecular weight excluding hydrogens is 242 g/mol. The van der Waals surface area contributed by atoms with E-state index in [4.69, 9.17) is 0 Å². The summed E-state index contributed by atoms with van der Waals surface area (Å²) >= 11 is 3.42. The van der Waals surface area contributed by atoms with Crippen molar-refractivity contribution in [3.63, 3.8) is 0 Å². The molecule has 80 valence electrons. The molecule has 0 spiro atoms. The minimum absolute atomic E-state index is 0.0903. The zero-order chi connectivity index (χ0) is 10.2. The average molecular weight is 260 g/mol. The van der Waals surface area contributed by atoms with Crippen molar-refractivity contribution in [2.75, 3.05) is 13.1 Å². The topological polar surface area (TPSA) is 20.3 Å². The SMILES string of the molecule is CC1(CN2CCC(Br)C2=O)CCCC1. The maximum absolute atomic E-state index is 11.7. The number of hydrogen-bond donors (Lipinski definition) is 0. The second kappa shape index (κ2) is 3.84. The van der Waals surface area contributed by atoms with E-state index in [9.17, 15) is 4.79 Å². The highest BCUT2D eigenvalue weighted by molar-refractivity contribution is 9.10. The zero-order valence-corrected chi connectivity index (χ0v) is 10.3. The molecule has 1 aliphatic carbocycles. The van der Waals surface area contributed by atoms with Crippen molar-refractivity contribution in [2.45, 2.75) is 43.9 Å². The normalized spacial score (nSPS) is 31.4. The van der Waals surface area contributed by atoms with Gasteiger partial charge in [-0.3, -0.25) is 4.79 Å². The van der Waals surface area contributed by atoms with Crippen LogP contribution in [0.3, 0.4) is 0 Å². The molecule has 3 heteroatoms. The standard InChI is InChI=1S/C11H18BrNO/c1-11(5-2-3-6-11)8-13-7-4-9(12)10(13)14/h9H,2-8H2,1H3. The minimum atomic E-state index is 0.0903. The van der Waals surface area contributed by atoms with Crippen LogP contribution in [-0.4, -0.2) is 28.7 Å². The molecule has 1 atom stereocenters. The summed E-state index contributed by atoms with van der Waals surface area (Å²) < 4.78 is 0. The molecule has 2 fully saturated rings. The van der Waals surface area contributed by atoms with Gasteiger partial charge in [-0.25, -0.2) is 0 Å². The zero-order valence-electron chi connectivity index (χ0n) is 8.76. The van der Waals surface area contributed by atoms with Gasteiger partial charge >= 0.3 is 0 Å². The third-order valence-corrected chi connectivity index (χ3v) is 4.46. The van der Waals surface area contributed by atoms with Gasteiger partial charge in [0.2, 0.25) is 5.91 Å². The Labute approximate surface area is 94.2 Å². The third kappa shape index (κ3) is 1.97. The Morgan fingerprint density at radius 1 is 1.50 bits per heavy atom. The van der Waals surface area contributed by atoms with Crippen molar-refractivity contribution in [2.24, 2.45) is 5.41 Å². The van der Waals surface area contributed by atoms with E-state index < -0.39 is 0 Å². The fraction of sp³-hybridized carbons (Fsp3) is 0.909. The number of halogens is 1. The summed E-state index contributed by atoms with van der Waals surface area (Å²) in [5.74, 6) is 0.304. The summed E-state index contributed by atoms with van der Waals surface area (Å²) in [7, 11) is 0. The van der Waals surface area contributed by atoms with E-state index in [1.54, 1.807) is 0 Å². The van der Waals surface area contributed by atoms with E-state index in [-0.39, 0.29) is 4.83 Å². The van der Waals surface area contributed by atoms with Gasteiger partial charge < -0.3 is 4.90 Å². The van der Waals surface area contributed by atoms with Crippen molar-refractivity contribution in [1.29, 1.82) is 0 Å². The molecule has 2 nitrogen and oxygen atoms in total. The van der Waals surface area contributed by atoms with Crippen LogP contribution >= 0.6 is 15.9 Å². The van der Waals surface area contributed by atoms with Crippen LogP contribution in [0.15, 0.2) is 0 Å². The number of carbonyl (C=O) groups excluding carboxylic acids is 1. The van der Waals surface area contributed by atoms with Gasteiger partial charge in [-0.05, 0) is 24.7 Å². The monoisotopic (exact) mass is 259 g/mol. The Morgan fingerprint density at radius 3 is 2.64 bits per heavy atom. The van der Waals surface area contributed by atoms with Gasteiger partial charge in [0, 0.05) is 13.1 Å². The molecule has 1 amide bonds. The molecule has 0 aromatic heterocycles. The molecule has 1 unspecified atom stereocenters. The van der Waals surface area contributed by atoms with Crippen LogP contribution < -0.4 is 0 Å². The van der Waals surface area contributed by atoms with Crippen LogP contribution in [0.4, 0.5) is 0 Å². The maximum atomic E-state index is 11.7. The Kier molecular flexibility index (Phi) is 2.87. The number of nitrogens with zero attached hydrogens (tertiary/aromatic N) is 1. The number of hydrogen-bond acceptors (Lipinski definition) is 1. The summed E-state index contributed by atoms with van der Waals surface area (Å²) in [4.78, 5) is 13.9. The predicted molar refractivity (Wildman–Crippen MR) is 60.5 cm³/mol. The molecule has 0 aromatic carbocycles. The molecule has 0 radical (unpaired) electrons. The Balaban J connectivity index is 1.94. The van der Waals surface area contributed by atoms with Crippen LogP contribution in [0.5, 0.6) is 0 Å². The molecule has 2 aliphatic rings. The first-order valence-electron chi connectivity index (χ1n) is 5.54. The first-order chi connectivity index (χ1) is 6.61. The largest absolute Gasteiger partial charge is 0.341 e.